The first-order chi connectivity index (χ1) is 13.1. The molecule has 0 atom stereocenters. The molecule has 0 saturated heterocycles. The third-order valence-corrected chi connectivity index (χ3v) is 5.00. The molecule has 0 aliphatic carbocycles. The fourth-order valence-corrected chi connectivity index (χ4v) is 3.55. The zero-order valence-corrected chi connectivity index (χ0v) is 17.2. The van der Waals surface area contributed by atoms with Crippen molar-refractivity contribution in [2.45, 2.75) is 26.5 Å². The van der Waals surface area contributed by atoms with E-state index >= 15 is 0 Å². The Balaban J connectivity index is 1.78. The molecule has 0 aromatic heterocycles. The number of anilines is 1. The van der Waals surface area contributed by atoms with Gasteiger partial charge in [0.2, 0.25) is 0 Å². The topological polar surface area (TPSA) is 21.3 Å². The predicted octanol–water partition coefficient (Wildman–Crippen LogP) is 7.40. The van der Waals surface area contributed by atoms with E-state index in [-0.39, 0.29) is 0 Å². The van der Waals surface area contributed by atoms with E-state index in [1.54, 1.807) is 6.07 Å². The van der Waals surface area contributed by atoms with E-state index in [2.05, 4.69) is 24.4 Å². The van der Waals surface area contributed by atoms with Crippen LogP contribution in [0.5, 0.6) is 5.75 Å². The van der Waals surface area contributed by atoms with Gasteiger partial charge in [0.15, 0.2) is 0 Å². The third-order valence-electron chi connectivity index (χ3n) is 4.25. The van der Waals surface area contributed by atoms with Crippen molar-refractivity contribution in [3.05, 3.63) is 92.4 Å². The van der Waals surface area contributed by atoms with Gasteiger partial charge in [-0.25, -0.2) is 0 Å². The van der Waals surface area contributed by atoms with Crippen molar-refractivity contribution in [3.8, 4) is 5.75 Å². The summed E-state index contributed by atoms with van der Waals surface area (Å²) in [4.78, 5) is 0. The highest BCUT2D eigenvalue weighted by Crippen LogP contribution is 2.34. The molecular weight excluding hydrogens is 401 g/mol. The maximum absolute atomic E-state index is 6.41. The van der Waals surface area contributed by atoms with Crippen molar-refractivity contribution in [1.82, 2.24) is 0 Å². The number of hydrogen-bond acceptors (Lipinski definition) is 2. The fraction of sp³-hybridized carbons (Fsp3) is 0.182. The summed E-state index contributed by atoms with van der Waals surface area (Å²) in [6.07, 6.45) is 0.958. The van der Waals surface area contributed by atoms with E-state index in [4.69, 9.17) is 39.5 Å². The van der Waals surface area contributed by atoms with Gasteiger partial charge < -0.3 is 10.1 Å². The molecule has 0 bridgehead atoms. The predicted molar refractivity (Wildman–Crippen MR) is 115 cm³/mol. The van der Waals surface area contributed by atoms with E-state index in [0.717, 1.165) is 23.2 Å². The van der Waals surface area contributed by atoms with Crippen LogP contribution >= 0.6 is 34.8 Å². The van der Waals surface area contributed by atoms with Crippen molar-refractivity contribution < 1.29 is 4.74 Å². The van der Waals surface area contributed by atoms with E-state index in [1.165, 1.54) is 5.56 Å². The second kappa shape index (κ2) is 9.36. The SMILES string of the molecule is CCc1ccccc1NCc1cc(Cl)cc(Cl)c1OCc1ccc(Cl)cc1. The molecule has 0 amide bonds. The lowest BCUT2D eigenvalue weighted by Crippen LogP contribution is -2.06. The second-order valence-electron chi connectivity index (χ2n) is 6.16. The molecular formula is C22H20Cl3NO. The molecule has 140 valence electrons. The van der Waals surface area contributed by atoms with Gasteiger partial charge in [0, 0.05) is 27.8 Å². The van der Waals surface area contributed by atoms with Gasteiger partial charge in [-0.3, -0.25) is 0 Å². The molecule has 27 heavy (non-hydrogen) atoms. The van der Waals surface area contributed by atoms with Crippen molar-refractivity contribution in [2.75, 3.05) is 5.32 Å². The molecule has 1 N–H and O–H groups in total. The molecule has 3 rings (SSSR count). The maximum atomic E-state index is 6.41. The number of halogens is 3. The Morgan fingerprint density at radius 3 is 2.33 bits per heavy atom. The molecule has 3 aromatic carbocycles. The molecule has 5 heteroatoms. The number of para-hydroxylation sites is 1. The molecule has 0 unspecified atom stereocenters. The largest absolute Gasteiger partial charge is 0.487 e. The monoisotopic (exact) mass is 419 g/mol. The van der Waals surface area contributed by atoms with Gasteiger partial charge in [0.25, 0.3) is 0 Å². The Bertz CT molecular complexity index is 910. The lowest BCUT2D eigenvalue weighted by molar-refractivity contribution is 0.303. The molecule has 0 aliphatic heterocycles. The molecule has 0 radical (unpaired) electrons. The zero-order valence-electron chi connectivity index (χ0n) is 14.9. The number of ether oxygens (including phenoxy) is 1. The quantitative estimate of drug-likeness (QED) is 0.430. The zero-order chi connectivity index (χ0) is 19.2. The number of aryl methyl sites for hydroxylation is 1. The van der Waals surface area contributed by atoms with Crippen LogP contribution < -0.4 is 10.1 Å². The minimum atomic E-state index is 0.400. The van der Waals surface area contributed by atoms with Gasteiger partial charge in [-0.15, -0.1) is 0 Å². The Morgan fingerprint density at radius 2 is 1.59 bits per heavy atom. The molecule has 3 aromatic rings. The summed E-state index contributed by atoms with van der Waals surface area (Å²) in [5.74, 6) is 0.637. The van der Waals surface area contributed by atoms with Crippen molar-refractivity contribution in [3.63, 3.8) is 0 Å². The standard InChI is InChI=1S/C22H20Cl3NO/c1-2-16-5-3-4-6-21(16)26-13-17-11-19(24)12-20(25)22(17)27-14-15-7-9-18(23)10-8-15/h3-12,26H,2,13-14H2,1H3. The van der Waals surface area contributed by atoms with E-state index < -0.39 is 0 Å². The highest BCUT2D eigenvalue weighted by Gasteiger charge is 2.12. The van der Waals surface area contributed by atoms with Crippen molar-refractivity contribution >= 4 is 40.5 Å². The molecule has 0 aliphatic rings. The first kappa shape index (κ1) is 19.9. The number of rotatable bonds is 7. The van der Waals surface area contributed by atoms with Gasteiger partial charge in [0.1, 0.15) is 12.4 Å². The lowest BCUT2D eigenvalue weighted by Gasteiger charge is -2.16. The van der Waals surface area contributed by atoms with Crippen LogP contribution in [0.25, 0.3) is 0 Å². The Labute approximate surface area is 175 Å². The Morgan fingerprint density at radius 1 is 0.852 bits per heavy atom. The molecule has 0 fully saturated rings. The summed E-state index contributed by atoms with van der Waals surface area (Å²) in [5.41, 5.74) is 4.28. The van der Waals surface area contributed by atoms with Crippen LogP contribution in [0.1, 0.15) is 23.6 Å². The summed E-state index contributed by atoms with van der Waals surface area (Å²) in [7, 11) is 0. The minimum Gasteiger partial charge on any atom is -0.487 e. The van der Waals surface area contributed by atoms with E-state index in [0.29, 0.717) is 34.0 Å². The van der Waals surface area contributed by atoms with Gasteiger partial charge in [-0.2, -0.15) is 0 Å². The summed E-state index contributed by atoms with van der Waals surface area (Å²) >= 11 is 18.6. The Kier molecular flexibility index (Phi) is 6.89. The normalized spacial score (nSPS) is 10.7. The highest BCUT2D eigenvalue weighted by molar-refractivity contribution is 6.35. The van der Waals surface area contributed by atoms with Crippen LogP contribution in [0.2, 0.25) is 15.1 Å². The molecule has 2 nitrogen and oxygen atoms in total. The third kappa shape index (κ3) is 5.32. The maximum Gasteiger partial charge on any atom is 0.143 e. The summed E-state index contributed by atoms with van der Waals surface area (Å²) < 4.78 is 6.02. The second-order valence-corrected chi connectivity index (χ2v) is 7.44. The lowest BCUT2D eigenvalue weighted by atomic mass is 10.1. The average molecular weight is 421 g/mol. The van der Waals surface area contributed by atoms with E-state index in [9.17, 15) is 0 Å². The van der Waals surface area contributed by atoms with Crippen LogP contribution in [-0.4, -0.2) is 0 Å². The van der Waals surface area contributed by atoms with E-state index in [1.807, 2.05) is 42.5 Å². The first-order valence-electron chi connectivity index (χ1n) is 8.73. The van der Waals surface area contributed by atoms with Gasteiger partial charge in [-0.05, 0) is 47.9 Å². The molecule has 0 spiro atoms. The molecule has 0 saturated carbocycles. The fourth-order valence-electron chi connectivity index (χ4n) is 2.83. The number of benzene rings is 3. The van der Waals surface area contributed by atoms with Crippen molar-refractivity contribution in [2.24, 2.45) is 0 Å². The molecule has 0 heterocycles. The van der Waals surface area contributed by atoms with Gasteiger partial charge in [0.05, 0.1) is 5.02 Å². The Hall–Kier alpha value is -1.87. The van der Waals surface area contributed by atoms with Gasteiger partial charge >= 0.3 is 0 Å². The van der Waals surface area contributed by atoms with Crippen LogP contribution in [0, 0.1) is 0 Å². The summed E-state index contributed by atoms with van der Waals surface area (Å²) in [5, 5.41) is 5.24. The van der Waals surface area contributed by atoms with Crippen LogP contribution in [-0.2, 0) is 19.6 Å². The average Bonchev–Trinajstić information content (AvgIpc) is 2.67. The minimum absolute atomic E-state index is 0.400. The smallest absolute Gasteiger partial charge is 0.143 e. The highest BCUT2D eigenvalue weighted by atomic mass is 35.5. The number of hydrogen-bond donors (Lipinski definition) is 1. The van der Waals surface area contributed by atoms with Crippen molar-refractivity contribution in [1.29, 1.82) is 0 Å². The van der Waals surface area contributed by atoms with Gasteiger partial charge in [-0.1, -0.05) is 72.1 Å². The summed E-state index contributed by atoms with van der Waals surface area (Å²) in [6.45, 7) is 3.10. The van der Waals surface area contributed by atoms with Crippen LogP contribution in [0.15, 0.2) is 60.7 Å². The first-order valence-corrected chi connectivity index (χ1v) is 9.87. The number of nitrogens with one attached hydrogen (secondary N) is 1. The van der Waals surface area contributed by atoms with Crippen LogP contribution in [0.4, 0.5) is 5.69 Å². The summed E-state index contributed by atoms with van der Waals surface area (Å²) in [6, 6.07) is 19.4. The van der Waals surface area contributed by atoms with Crippen LogP contribution in [0.3, 0.4) is 0 Å².